The standard InChI is InChI=1S/C19H19FN4O2S/c1-19(12-11-13-5-3-2-4-6-13)16(25)24(18(26)22-19)23-17(27)21-15-9-7-14(20)8-10-15/h2-10H,11-12H2,1H3,(H,22,26)(H2,21,23,27)/t19-/m1/s1. The molecule has 6 nitrogen and oxygen atoms in total. The Hall–Kier alpha value is -3.00. The molecule has 1 aliphatic rings. The predicted octanol–water partition coefficient (Wildman–Crippen LogP) is 2.97. The normalized spacial score (nSPS) is 19.0. The highest BCUT2D eigenvalue weighted by Gasteiger charge is 2.48. The molecule has 0 bridgehead atoms. The number of imide groups is 1. The van der Waals surface area contributed by atoms with Crippen molar-refractivity contribution in [2.45, 2.75) is 25.3 Å². The lowest BCUT2D eigenvalue weighted by Gasteiger charge is -2.22. The predicted molar refractivity (Wildman–Crippen MR) is 104 cm³/mol. The number of nitrogens with one attached hydrogen (secondary N) is 3. The Labute approximate surface area is 161 Å². The molecule has 0 aromatic heterocycles. The lowest BCUT2D eigenvalue weighted by Crippen LogP contribution is -2.50. The third-order valence-corrected chi connectivity index (χ3v) is 4.53. The molecular weight excluding hydrogens is 367 g/mol. The molecule has 1 aliphatic heterocycles. The van der Waals surface area contributed by atoms with Gasteiger partial charge in [-0.3, -0.25) is 10.2 Å². The van der Waals surface area contributed by atoms with Crippen molar-refractivity contribution in [1.82, 2.24) is 15.8 Å². The van der Waals surface area contributed by atoms with Gasteiger partial charge in [-0.1, -0.05) is 30.3 Å². The smallest absolute Gasteiger partial charge is 0.331 e. The molecule has 1 fully saturated rings. The van der Waals surface area contributed by atoms with Gasteiger partial charge >= 0.3 is 6.03 Å². The summed E-state index contributed by atoms with van der Waals surface area (Å²) in [5.41, 5.74) is 3.19. The average Bonchev–Trinajstić information content (AvgIpc) is 2.86. The van der Waals surface area contributed by atoms with Crippen molar-refractivity contribution in [3.63, 3.8) is 0 Å². The largest absolute Gasteiger partial charge is 0.344 e. The molecule has 1 saturated heterocycles. The number of aryl methyl sites for hydroxylation is 1. The first kappa shape index (κ1) is 18.8. The second kappa shape index (κ2) is 7.71. The Morgan fingerprint density at radius 1 is 1.15 bits per heavy atom. The van der Waals surface area contributed by atoms with Gasteiger partial charge in [0.1, 0.15) is 11.4 Å². The minimum Gasteiger partial charge on any atom is -0.331 e. The van der Waals surface area contributed by atoms with Gasteiger partial charge in [-0.15, -0.1) is 0 Å². The van der Waals surface area contributed by atoms with E-state index in [1.54, 1.807) is 6.92 Å². The third kappa shape index (κ3) is 4.40. The molecule has 3 N–H and O–H groups in total. The van der Waals surface area contributed by atoms with Crippen molar-refractivity contribution in [3.8, 4) is 0 Å². The van der Waals surface area contributed by atoms with Crippen LogP contribution in [0, 0.1) is 5.82 Å². The second-order valence-electron chi connectivity index (χ2n) is 6.46. The fraction of sp³-hybridized carbons (Fsp3) is 0.211. The Morgan fingerprint density at radius 2 is 1.81 bits per heavy atom. The second-order valence-corrected chi connectivity index (χ2v) is 6.87. The lowest BCUT2D eigenvalue weighted by molar-refractivity contribution is -0.132. The van der Waals surface area contributed by atoms with Crippen LogP contribution in [0.2, 0.25) is 0 Å². The van der Waals surface area contributed by atoms with Crippen LogP contribution in [0.5, 0.6) is 0 Å². The fourth-order valence-corrected chi connectivity index (χ4v) is 3.00. The number of thiocarbonyl (C=S) groups is 1. The van der Waals surface area contributed by atoms with E-state index in [0.717, 1.165) is 10.6 Å². The van der Waals surface area contributed by atoms with E-state index in [1.807, 2.05) is 30.3 Å². The quantitative estimate of drug-likeness (QED) is 0.544. The van der Waals surface area contributed by atoms with Crippen molar-refractivity contribution in [2.75, 3.05) is 5.32 Å². The topological polar surface area (TPSA) is 73.5 Å². The summed E-state index contributed by atoms with van der Waals surface area (Å²) >= 11 is 5.14. The molecule has 1 heterocycles. The molecule has 3 amide bonds. The highest BCUT2D eigenvalue weighted by molar-refractivity contribution is 7.80. The van der Waals surface area contributed by atoms with Gasteiger partial charge in [0.25, 0.3) is 5.91 Å². The molecular formula is C19H19FN4O2S. The number of anilines is 1. The van der Waals surface area contributed by atoms with Crippen LogP contribution >= 0.6 is 12.2 Å². The number of amides is 3. The number of carbonyl (C=O) groups excluding carboxylic acids is 2. The maximum Gasteiger partial charge on any atom is 0.344 e. The molecule has 0 spiro atoms. The number of urea groups is 1. The SMILES string of the molecule is C[C@]1(CCc2ccccc2)NC(=O)N(NC(=S)Nc2ccc(F)cc2)C1=O. The molecule has 0 aliphatic carbocycles. The maximum absolute atomic E-state index is 13.0. The van der Waals surface area contributed by atoms with E-state index in [-0.39, 0.29) is 10.9 Å². The van der Waals surface area contributed by atoms with Crippen LogP contribution in [0.1, 0.15) is 18.9 Å². The lowest BCUT2D eigenvalue weighted by atomic mass is 9.93. The van der Waals surface area contributed by atoms with E-state index in [0.29, 0.717) is 18.5 Å². The summed E-state index contributed by atoms with van der Waals surface area (Å²) in [5, 5.41) is 6.44. The van der Waals surface area contributed by atoms with Gasteiger partial charge in [0.2, 0.25) is 0 Å². The van der Waals surface area contributed by atoms with E-state index >= 15 is 0 Å². The van der Waals surface area contributed by atoms with Gasteiger partial charge in [-0.25, -0.2) is 9.18 Å². The minimum absolute atomic E-state index is 0.0532. The molecule has 0 saturated carbocycles. The average molecular weight is 386 g/mol. The third-order valence-electron chi connectivity index (χ3n) is 4.33. The zero-order valence-corrected chi connectivity index (χ0v) is 15.5. The van der Waals surface area contributed by atoms with Crippen LogP contribution in [0.4, 0.5) is 14.9 Å². The summed E-state index contributed by atoms with van der Waals surface area (Å²) in [6.07, 6.45) is 1.10. The van der Waals surface area contributed by atoms with Crippen LogP contribution in [0.15, 0.2) is 54.6 Å². The molecule has 27 heavy (non-hydrogen) atoms. The fourth-order valence-electron chi connectivity index (χ4n) is 2.79. The molecule has 2 aromatic carbocycles. The van der Waals surface area contributed by atoms with E-state index in [9.17, 15) is 14.0 Å². The number of halogens is 1. The number of hydrazine groups is 1. The first-order chi connectivity index (χ1) is 12.9. The molecule has 0 unspecified atom stereocenters. The van der Waals surface area contributed by atoms with Crippen LogP contribution in [-0.2, 0) is 11.2 Å². The van der Waals surface area contributed by atoms with Crippen LogP contribution in [0.3, 0.4) is 0 Å². The Kier molecular flexibility index (Phi) is 5.36. The van der Waals surface area contributed by atoms with Gasteiger partial charge in [0.05, 0.1) is 0 Å². The van der Waals surface area contributed by atoms with Gasteiger partial charge in [0, 0.05) is 5.69 Å². The van der Waals surface area contributed by atoms with Gasteiger partial charge < -0.3 is 10.6 Å². The van der Waals surface area contributed by atoms with Crippen LogP contribution in [0.25, 0.3) is 0 Å². The molecule has 0 radical (unpaired) electrons. The summed E-state index contributed by atoms with van der Waals surface area (Å²) in [6.45, 7) is 1.69. The molecule has 3 rings (SSSR count). The van der Waals surface area contributed by atoms with E-state index in [1.165, 1.54) is 24.3 Å². The molecule has 8 heteroatoms. The number of nitrogens with zero attached hydrogens (tertiary/aromatic N) is 1. The summed E-state index contributed by atoms with van der Waals surface area (Å²) in [7, 11) is 0. The Bertz CT molecular complexity index is 860. The monoisotopic (exact) mass is 386 g/mol. The maximum atomic E-state index is 13.0. The molecule has 2 aromatic rings. The van der Waals surface area contributed by atoms with Crippen molar-refractivity contribution >= 4 is 35.0 Å². The molecule has 1 atom stereocenters. The van der Waals surface area contributed by atoms with Gasteiger partial charge in [-0.05, 0) is 61.8 Å². The summed E-state index contributed by atoms with van der Waals surface area (Å²) in [5.74, 6) is -0.783. The Morgan fingerprint density at radius 3 is 2.48 bits per heavy atom. The first-order valence-electron chi connectivity index (χ1n) is 8.41. The summed E-state index contributed by atoms with van der Waals surface area (Å²) in [6, 6.07) is 14.7. The van der Waals surface area contributed by atoms with Crippen molar-refractivity contribution in [3.05, 3.63) is 66.0 Å². The Balaban J connectivity index is 1.61. The van der Waals surface area contributed by atoms with E-state index < -0.39 is 17.5 Å². The molecule has 140 valence electrons. The van der Waals surface area contributed by atoms with Crippen molar-refractivity contribution in [2.24, 2.45) is 0 Å². The zero-order valence-electron chi connectivity index (χ0n) is 14.7. The highest BCUT2D eigenvalue weighted by Crippen LogP contribution is 2.22. The van der Waals surface area contributed by atoms with Crippen LogP contribution < -0.4 is 16.1 Å². The van der Waals surface area contributed by atoms with Gasteiger partial charge in [0.15, 0.2) is 5.11 Å². The number of rotatable bonds is 5. The summed E-state index contributed by atoms with van der Waals surface area (Å²) in [4.78, 5) is 25.0. The number of carbonyl (C=O) groups is 2. The summed E-state index contributed by atoms with van der Waals surface area (Å²) < 4.78 is 13.0. The van der Waals surface area contributed by atoms with Crippen molar-refractivity contribution in [1.29, 1.82) is 0 Å². The zero-order chi connectivity index (χ0) is 19.4. The number of hydrogen-bond acceptors (Lipinski definition) is 3. The number of hydrogen-bond donors (Lipinski definition) is 3. The van der Waals surface area contributed by atoms with E-state index in [4.69, 9.17) is 12.2 Å². The number of benzene rings is 2. The van der Waals surface area contributed by atoms with E-state index in [2.05, 4.69) is 16.1 Å². The van der Waals surface area contributed by atoms with Gasteiger partial charge in [-0.2, -0.15) is 5.01 Å². The van der Waals surface area contributed by atoms with Crippen molar-refractivity contribution < 1.29 is 14.0 Å². The first-order valence-corrected chi connectivity index (χ1v) is 8.82. The highest BCUT2D eigenvalue weighted by atomic mass is 32.1. The minimum atomic E-state index is -1.02. The van der Waals surface area contributed by atoms with Crippen LogP contribution in [-0.4, -0.2) is 27.6 Å².